The quantitative estimate of drug-likeness (QED) is 0.173. The Morgan fingerprint density at radius 3 is 1.68 bits per heavy atom. The van der Waals surface area contributed by atoms with Crippen LogP contribution in [0.2, 0.25) is 0 Å². The van der Waals surface area contributed by atoms with Crippen LogP contribution in [-0.4, -0.2) is 19.3 Å². The van der Waals surface area contributed by atoms with E-state index >= 15 is 0 Å². The number of nitrogens with zero attached hydrogens (tertiary/aromatic N) is 4. The molecule has 0 spiro atoms. The number of benzene rings is 10. The van der Waals surface area contributed by atoms with Gasteiger partial charge in [-0.1, -0.05) is 109 Å². The van der Waals surface area contributed by atoms with Crippen LogP contribution in [-0.2, 0) is 6.54 Å². The van der Waals surface area contributed by atoms with Gasteiger partial charge in [-0.25, -0.2) is 9.67 Å². The van der Waals surface area contributed by atoms with E-state index < -0.39 is 0 Å². The molecule has 4 nitrogen and oxygen atoms in total. The molecule has 0 saturated heterocycles. The van der Waals surface area contributed by atoms with Gasteiger partial charge in [0.2, 0.25) is 0 Å². The predicted molar refractivity (Wildman–Crippen MR) is 284 cm³/mol. The fourth-order valence-electron chi connectivity index (χ4n) is 10.6. The zero-order chi connectivity index (χ0) is 43.0. The van der Waals surface area contributed by atoms with E-state index in [1.807, 2.05) is 34.0 Å². The van der Waals surface area contributed by atoms with Gasteiger partial charge in [0, 0.05) is 88.0 Å². The Morgan fingerprint density at radius 1 is 0.379 bits per heavy atom. The average Bonchev–Trinajstić information content (AvgIpc) is 4.19. The number of thiophene rings is 3. The highest BCUT2D eigenvalue weighted by Crippen LogP contribution is 2.45. The number of hydrogen-bond acceptors (Lipinski definition) is 5. The maximum Gasteiger partial charge on any atom is 0.181 e. The summed E-state index contributed by atoms with van der Waals surface area (Å²) in [7, 11) is 0. The summed E-state index contributed by atoms with van der Waals surface area (Å²) < 4.78 is 12.4. The van der Waals surface area contributed by atoms with E-state index in [1.165, 1.54) is 109 Å². The molecule has 0 unspecified atom stereocenters. The Bertz CT molecular complexity index is 4520. The lowest BCUT2D eigenvalue weighted by molar-refractivity contribution is 0.696. The Morgan fingerprint density at radius 2 is 0.939 bits per heavy atom. The van der Waals surface area contributed by atoms with Crippen molar-refractivity contribution in [3.8, 4) is 28.5 Å². The van der Waals surface area contributed by atoms with Crippen LogP contribution in [0.15, 0.2) is 194 Å². The fraction of sp³-hybridized carbons (Fsp3) is 0.0169. The fourth-order valence-corrected chi connectivity index (χ4v) is 14.0. The van der Waals surface area contributed by atoms with Gasteiger partial charge in [-0.05, 0) is 106 Å². The van der Waals surface area contributed by atoms with E-state index in [0.717, 1.165) is 28.5 Å². The number of hydrogen-bond donors (Lipinski definition) is 0. The monoisotopic (exact) mass is 894 g/mol. The van der Waals surface area contributed by atoms with Gasteiger partial charge in [-0.15, -0.1) is 34.0 Å². The molecule has 15 aromatic rings. The maximum atomic E-state index is 5.56. The summed E-state index contributed by atoms with van der Waals surface area (Å²) in [4.78, 5) is 5.53. The van der Waals surface area contributed by atoms with Gasteiger partial charge in [0.15, 0.2) is 11.6 Å². The van der Waals surface area contributed by atoms with Gasteiger partial charge < -0.3 is 4.57 Å². The molecule has 5 aromatic heterocycles. The van der Waals surface area contributed by atoms with Crippen LogP contribution in [0, 0.1) is 0 Å². The van der Waals surface area contributed by atoms with E-state index in [9.17, 15) is 0 Å². The minimum atomic E-state index is 0.504. The Balaban J connectivity index is 1.02. The molecule has 0 bridgehead atoms. The second-order valence-electron chi connectivity index (χ2n) is 17.3. The third-order valence-corrected chi connectivity index (χ3v) is 17.1. The number of aromatic nitrogens is 4. The molecule has 0 radical (unpaired) electrons. The van der Waals surface area contributed by atoms with E-state index in [4.69, 9.17) is 10.1 Å². The Hall–Kier alpha value is -7.68. The molecular formula is C59H34N4S3. The third kappa shape index (κ3) is 5.36. The van der Waals surface area contributed by atoms with Crippen molar-refractivity contribution < 1.29 is 0 Å². The first-order valence-electron chi connectivity index (χ1n) is 22.2. The van der Waals surface area contributed by atoms with Crippen LogP contribution in [0.5, 0.6) is 0 Å². The van der Waals surface area contributed by atoms with Gasteiger partial charge >= 0.3 is 0 Å². The zero-order valence-electron chi connectivity index (χ0n) is 35.2. The maximum absolute atomic E-state index is 5.56. The molecule has 0 saturated carbocycles. The Labute approximate surface area is 389 Å². The molecule has 0 amide bonds. The van der Waals surface area contributed by atoms with Crippen molar-refractivity contribution in [2.24, 2.45) is 0 Å². The standard InChI is InChI=1S/C59H34N4S3/c1-2-13-36-32-49-45(29-35(36)12-1)56-39-14-4-3-11-34(39)21-24-48(56)63(49)47-25-28-55-57(42-17-7-10-20-52(42)66-55)46(47)33-62-59(38-23-27-54-44(31-38)41-16-6-9-19-51(41)65-54)60-58(61-62)37-22-26-53-43(30-37)40-15-5-8-18-50(40)64-53/h1-32H,33H2. The molecule has 7 heteroatoms. The lowest BCUT2D eigenvalue weighted by Gasteiger charge is -2.17. The molecule has 0 N–H and O–H groups in total. The van der Waals surface area contributed by atoms with E-state index in [-0.39, 0.29) is 0 Å². The smallest absolute Gasteiger partial charge is 0.181 e. The van der Waals surface area contributed by atoms with E-state index in [2.05, 4.69) is 203 Å². The van der Waals surface area contributed by atoms with Crippen molar-refractivity contribution in [3.05, 3.63) is 200 Å². The molecule has 5 heterocycles. The third-order valence-electron chi connectivity index (χ3n) is 13.6. The summed E-state index contributed by atoms with van der Waals surface area (Å²) in [5.41, 5.74) is 6.78. The minimum absolute atomic E-state index is 0.504. The van der Waals surface area contributed by atoms with Gasteiger partial charge in [0.25, 0.3) is 0 Å². The first-order valence-corrected chi connectivity index (χ1v) is 24.7. The summed E-state index contributed by atoms with van der Waals surface area (Å²) >= 11 is 5.53. The van der Waals surface area contributed by atoms with Crippen LogP contribution in [0.4, 0.5) is 0 Å². The van der Waals surface area contributed by atoms with Crippen molar-refractivity contribution in [2.45, 2.75) is 6.54 Å². The minimum Gasteiger partial charge on any atom is -0.309 e. The van der Waals surface area contributed by atoms with Crippen LogP contribution in [0.1, 0.15) is 5.56 Å². The molecule has 0 atom stereocenters. The SMILES string of the molecule is c1ccc2cc3c(cc2c1)c1c2ccccc2ccc1n3-c1ccc2sc3ccccc3c2c1Cn1nc(-c2ccc3sc4ccccc4c3c2)nc1-c1ccc2sc3ccccc3c2c1. The number of rotatable bonds is 5. The highest BCUT2D eigenvalue weighted by Gasteiger charge is 2.24. The lowest BCUT2D eigenvalue weighted by Crippen LogP contribution is -2.09. The van der Waals surface area contributed by atoms with Crippen LogP contribution >= 0.6 is 34.0 Å². The molecule has 66 heavy (non-hydrogen) atoms. The van der Waals surface area contributed by atoms with Gasteiger partial charge in [0.05, 0.1) is 23.3 Å². The summed E-state index contributed by atoms with van der Waals surface area (Å²) in [5, 5.41) is 20.6. The largest absolute Gasteiger partial charge is 0.309 e. The van der Waals surface area contributed by atoms with Crippen LogP contribution in [0.25, 0.3) is 132 Å². The second kappa shape index (κ2) is 13.9. The summed E-state index contributed by atoms with van der Waals surface area (Å²) in [6.07, 6.45) is 0. The van der Waals surface area contributed by atoms with Crippen molar-refractivity contribution in [3.63, 3.8) is 0 Å². The van der Waals surface area contributed by atoms with Crippen molar-refractivity contribution >= 4 is 138 Å². The molecular weight excluding hydrogens is 861 g/mol. The summed E-state index contributed by atoms with van der Waals surface area (Å²) in [6.45, 7) is 0.504. The average molecular weight is 895 g/mol. The molecule has 10 aromatic carbocycles. The topological polar surface area (TPSA) is 35.6 Å². The summed E-state index contributed by atoms with van der Waals surface area (Å²) in [6, 6.07) is 71.5. The molecule has 0 aliphatic carbocycles. The molecule has 0 fully saturated rings. The molecule has 308 valence electrons. The Kier molecular flexibility index (Phi) is 7.72. The molecule has 0 aliphatic rings. The van der Waals surface area contributed by atoms with Crippen LogP contribution < -0.4 is 0 Å². The molecule has 15 rings (SSSR count). The summed E-state index contributed by atoms with van der Waals surface area (Å²) in [5.74, 6) is 1.57. The van der Waals surface area contributed by atoms with Crippen molar-refractivity contribution in [2.75, 3.05) is 0 Å². The first-order chi connectivity index (χ1) is 32.7. The normalized spacial score (nSPS) is 12.3. The predicted octanol–water partition coefficient (Wildman–Crippen LogP) is 17.2. The molecule has 0 aliphatic heterocycles. The van der Waals surface area contributed by atoms with Gasteiger partial charge in [-0.3, -0.25) is 0 Å². The highest BCUT2D eigenvalue weighted by atomic mass is 32.1. The number of fused-ring (bicyclic) bond motifs is 15. The van der Waals surface area contributed by atoms with Crippen LogP contribution in [0.3, 0.4) is 0 Å². The first kappa shape index (κ1) is 36.6. The zero-order valence-corrected chi connectivity index (χ0v) is 37.6. The van der Waals surface area contributed by atoms with Crippen molar-refractivity contribution in [1.82, 2.24) is 19.3 Å². The lowest BCUT2D eigenvalue weighted by atomic mass is 10.0. The van der Waals surface area contributed by atoms with Gasteiger partial charge in [-0.2, -0.15) is 5.10 Å². The van der Waals surface area contributed by atoms with Crippen molar-refractivity contribution in [1.29, 1.82) is 0 Å². The highest BCUT2D eigenvalue weighted by molar-refractivity contribution is 7.26. The van der Waals surface area contributed by atoms with E-state index in [1.54, 1.807) is 0 Å². The second-order valence-corrected chi connectivity index (χ2v) is 20.6. The van der Waals surface area contributed by atoms with E-state index in [0.29, 0.717) is 6.54 Å². The van der Waals surface area contributed by atoms with Gasteiger partial charge in [0.1, 0.15) is 0 Å².